The van der Waals surface area contributed by atoms with E-state index in [0.29, 0.717) is 16.9 Å². The van der Waals surface area contributed by atoms with Crippen LogP contribution in [0.15, 0.2) is 24.4 Å². The Hall–Kier alpha value is -1.81. The van der Waals surface area contributed by atoms with Crippen molar-refractivity contribution >= 4 is 17.5 Å². The van der Waals surface area contributed by atoms with E-state index in [1.165, 1.54) is 24.0 Å². The molecule has 1 N–H and O–H groups in total. The Morgan fingerprint density at radius 2 is 2.05 bits per heavy atom. The van der Waals surface area contributed by atoms with Crippen molar-refractivity contribution in [3.05, 3.63) is 40.5 Å². The van der Waals surface area contributed by atoms with Crippen LogP contribution in [0.5, 0.6) is 11.6 Å². The molecule has 0 saturated heterocycles. The van der Waals surface area contributed by atoms with Crippen LogP contribution in [0.3, 0.4) is 0 Å². The van der Waals surface area contributed by atoms with Gasteiger partial charge < -0.3 is 10.1 Å². The van der Waals surface area contributed by atoms with E-state index in [-0.39, 0.29) is 0 Å². The summed E-state index contributed by atoms with van der Waals surface area (Å²) in [6, 6.07) is 6.22. The molecule has 1 heterocycles. The highest BCUT2D eigenvalue weighted by atomic mass is 35.5. The molecule has 21 heavy (non-hydrogen) atoms. The molecule has 3 rings (SSSR count). The first-order valence-electron chi connectivity index (χ1n) is 7.32. The molecule has 0 fully saturated rings. The molecule has 1 aromatic heterocycles. The molecule has 0 atom stereocenters. The maximum atomic E-state index is 6.11. The SMILES string of the molecule is CCNc1ncc(Cl)c(Oc2ccc3c(c2)CCCC3)n1. The number of halogens is 1. The number of hydrogen-bond acceptors (Lipinski definition) is 4. The van der Waals surface area contributed by atoms with Crippen LogP contribution in [0.1, 0.15) is 30.9 Å². The summed E-state index contributed by atoms with van der Waals surface area (Å²) in [7, 11) is 0. The molecule has 0 spiro atoms. The van der Waals surface area contributed by atoms with Crippen LogP contribution < -0.4 is 10.1 Å². The molecule has 0 radical (unpaired) electrons. The topological polar surface area (TPSA) is 47.0 Å². The Balaban J connectivity index is 1.84. The fraction of sp³-hybridized carbons (Fsp3) is 0.375. The van der Waals surface area contributed by atoms with Gasteiger partial charge in [0.05, 0.1) is 6.20 Å². The summed E-state index contributed by atoms with van der Waals surface area (Å²) in [4.78, 5) is 8.40. The highest BCUT2D eigenvalue weighted by molar-refractivity contribution is 6.31. The van der Waals surface area contributed by atoms with Crippen LogP contribution in [0, 0.1) is 0 Å². The van der Waals surface area contributed by atoms with Gasteiger partial charge in [-0.05, 0) is 55.9 Å². The summed E-state index contributed by atoms with van der Waals surface area (Å²) in [5.41, 5.74) is 2.80. The van der Waals surface area contributed by atoms with E-state index in [0.717, 1.165) is 25.1 Å². The Kier molecular flexibility index (Phi) is 4.25. The molecular weight excluding hydrogens is 286 g/mol. The highest BCUT2D eigenvalue weighted by Crippen LogP contribution is 2.31. The predicted octanol–water partition coefficient (Wildman–Crippen LogP) is 4.23. The Bertz CT molecular complexity index is 645. The molecule has 0 unspecified atom stereocenters. The van der Waals surface area contributed by atoms with Gasteiger partial charge >= 0.3 is 0 Å². The Morgan fingerprint density at radius 1 is 1.24 bits per heavy atom. The van der Waals surface area contributed by atoms with Crippen LogP contribution in [-0.4, -0.2) is 16.5 Å². The zero-order chi connectivity index (χ0) is 14.7. The number of nitrogens with one attached hydrogen (secondary N) is 1. The number of aromatic nitrogens is 2. The van der Waals surface area contributed by atoms with Crippen LogP contribution >= 0.6 is 11.6 Å². The van der Waals surface area contributed by atoms with Crippen LogP contribution in [0.4, 0.5) is 5.95 Å². The lowest BCUT2D eigenvalue weighted by molar-refractivity contribution is 0.461. The molecule has 0 amide bonds. The highest BCUT2D eigenvalue weighted by Gasteiger charge is 2.12. The summed E-state index contributed by atoms with van der Waals surface area (Å²) in [6.45, 7) is 2.74. The van der Waals surface area contributed by atoms with Gasteiger partial charge in [-0.15, -0.1) is 0 Å². The molecule has 4 nitrogen and oxygen atoms in total. The summed E-state index contributed by atoms with van der Waals surface area (Å²) < 4.78 is 5.84. The lowest BCUT2D eigenvalue weighted by Gasteiger charge is -2.16. The number of rotatable bonds is 4. The number of anilines is 1. The van der Waals surface area contributed by atoms with Crippen molar-refractivity contribution in [1.82, 2.24) is 9.97 Å². The largest absolute Gasteiger partial charge is 0.437 e. The Morgan fingerprint density at radius 3 is 2.86 bits per heavy atom. The van der Waals surface area contributed by atoms with Crippen molar-refractivity contribution in [3.8, 4) is 11.6 Å². The average molecular weight is 304 g/mol. The van der Waals surface area contributed by atoms with Gasteiger partial charge in [-0.3, -0.25) is 0 Å². The van der Waals surface area contributed by atoms with Crippen LogP contribution in [0.25, 0.3) is 0 Å². The zero-order valence-electron chi connectivity index (χ0n) is 12.0. The minimum atomic E-state index is 0.387. The summed E-state index contributed by atoms with van der Waals surface area (Å²) in [6.07, 6.45) is 6.35. The lowest BCUT2D eigenvalue weighted by Crippen LogP contribution is -2.04. The number of fused-ring (bicyclic) bond motifs is 1. The fourth-order valence-electron chi connectivity index (χ4n) is 2.55. The minimum Gasteiger partial charge on any atom is -0.437 e. The summed E-state index contributed by atoms with van der Waals surface area (Å²) >= 11 is 6.11. The van der Waals surface area contributed by atoms with Crippen molar-refractivity contribution in [2.45, 2.75) is 32.6 Å². The molecule has 110 valence electrons. The number of hydrogen-bond donors (Lipinski definition) is 1. The van der Waals surface area contributed by atoms with Gasteiger partial charge in [-0.1, -0.05) is 17.7 Å². The molecule has 2 aromatic rings. The first-order valence-corrected chi connectivity index (χ1v) is 7.70. The van der Waals surface area contributed by atoms with Crippen molar-refractivity contribution in [2.75, 3.05) is 11.9 Å². The van der Waals surface area contributed by atoms with E-state index >= 15 is 0 Å². The minimum absolute atomic E-state index is 0.387. The fourth-order valence-corrected chi connectivity index (χ4v) is 2.68. The molecular formula is C16H18ClN3O. The van der Waals surface area contributed by atoms with E-state index in [2.05, 4.69) is 27.4 Å². The van der Waals surface area contributed by atoms with Gasteiger partial charge in [0.1, 0.15) is 10.8 Å². The molecule has 1 aliphatic rings. The summed E-state index contributed by atoms with van der Waals surface area (Å²) in [5.74, 6) is 1.69. The number of ether oxygens (including phenoxy) is 1. The number of nitrogens with zero attached hydrogens (tertiary/aromatic N) is 2. The third kappa shape index (κ3) is 3.27. The first kappa shape index (κ1) is 14.1. The predicted molar refractivity (Wildman–Crippen MR) is 84.4 cm³/mol. The monoisotopic (exact) mass is 303 g/mol. The van der Waals surface area contributed by atoms with Crippen LogP contribution in [0.2, 0.25) is 5.02 Å². The molecule has 1 aromatic carbocycles. The van der Waals surface area contributed by atoms with Crippen molar-refractivity contribution in [3.63, 3.8) is 0 Å². The van der Waals surface area contributed by atoms with E-state index in [1.54, 1.807) is 6.20 Å². The second-order valence-electron chi connectivity index (χ2n) is 5.12. The van der Waals surface area contributed by atoms with Gasteiger partial charge in [0.15, 0.2) is 0 Å². The van der Waals surface area contributed by atoms with Gasteiger partial charge in [-0.25, -0.2) is 4.98 Å². The second-order valence-corrected chi connectivity index (χ2v) is 5.52. The second kappa shape index (κ2) is 6.31. The number of benzene rings is 1. The molecule has 0 saturated carbocycles. The zero-order valence-corrected chi connectivity index (χ0v) is 12.8. The van der Waals surface area contributed by atoms with Gasteiger partial charge in [-0.2, -0.15) is 4.98 Å². The van der Waals surface area contributed by atoms with E-state index in [9.17, 15) is 0 Å². The normalized spacial score (nSPS) is 13.6. The molecule has 5 heteroatoms. The van der Waals surface area contributed by atoms with E-state index < -0.39 is 0 Å². The van der Waals surface area contributed by atoms with E-state index in [4.69, 9.17) is 16.3 Å². The number of aryl methyl sites for hydroxylation is 2. The van der Waals surface area contributed by atoms with Crippen molar-refractivity contribution < 1.29 is 4.74 Å². The van der Waals surface area contributed by atoms with Crippen molar-refractivity contribution in [1.29, 1.82) is 0 Å². The van der Waals surface area contributed by atoms with Gasteiger partial charge in [0.2, 0.25) is 11.8 Å². The Labute approximate surface area is 129 Å². The van der Waals surface area contributed by atoms with E-state index in [1.807, 2.05) is 13.0 Å². The maximum absolute atomic E-state index is 6.11. The summed E-state index contributed by atoms with van der Waals surface area (Å²) in [5, 5.41) is 3.46. The smallest absolute Gasteiger partial charge is 0.243 e. The molecule has 1 aliphatic carbocycles. The average Bonchev–Trinajstić information content (AvgIpc) is 2.51. The molecule has 0 aliphatic heterocycles. The lowest BCUT2D eigenvalue weighted by atomic mass is 9.92. The van der Waals surface area contributed by atoms with Gasteiger partial charge in [0.25, 0.3) is 0 Å². The third-order valence-electron chi connectivity index (χ3n) is 3.58. The maximum Gasteiger partial charge on any atom is 0.243 e. The first-order chi connectivity index (χ1) is 10.3. The standard InChI is InChI=1S/C16H18ClN3O/c1-2-18-16-19-10-14(17)15(20-16)21-13-8-7-11-5-3-4-6-12(11)9-13/h7-10H,2-6H2,1H3,(H,18,19,20). The van der Waals surface area contributed by atoms with Gasteiger partial charge in [0, 0.05) is 6.54 Å². The molecule has 0 bridgehead atoms. The third-order valence-corrected chi connectivity index (χ3v) is 3.84. The quantitative estimate of drug-likeness (QED) is 0.918. The van der Waals surface area contributed by atoms with Crippen LogP contribution in [-0.2, 0) is 12.8 Å². The van der Waals surface area contributed by atoms with Crippen molar-refractivity contribution in [2.24, 2.45) is 0 Å².